The van der Waals surface area contributed by atoms with Gasteiger partial charge in [-0.3, -0.25) is 0 Å². The monoisotopic (exact) mass is 437 g/mol. The molecule has 0 aliphatic heterocycles. The highest BCUT2D eigenvalue weighted by atomic mass is 127. The van der Waals surface area contributed by atoms with Crippen molar-refractivity contribution in [3.8, 4) is 0 Å². The molecule has 0 amide bonds. The van der Waals surface area contributed by atoms with E-state index in [0.717, 1.165) is 0 Å². The van der Waals surface area contributed by atoms with Gasteiger partial charge in [-0.15, -0.1) is 0 Å². The van der Waals surface area contributed by atoms with Gasteiger partial charge in [0.05, 0.1) is 0 Å². The Morgan fingerprint density at radius 3 is 1.86 bits per heavy atom. The lowest BCUT2D eigenvalue weighted by atomic mass is 10.5. The fourth-order valence-electron chi connectivity index (χ4n) is 0.104. The molecular weight excluding hydrogens is 433 g/mol. The predicted molar refractivity (Wildman–Crippen MR) is 56.2 cm³/mol. The third-order valence-electron chi connectivity index (χ3n) is 0.323. The van der Waals surface area contributed by atoms with Gasteiger partial charge in [-0.05, 0) is 0 Å². The quantitative estimate of drug-likeness (QED) is 0.519. The van der Waals surface area contributed by atoms with Gasteiger partial charge in [-0.25, -0.2) is 0 Å². The molecular formula is C3H4I3O. The topological polar surface area (TPSA) is 20.2 Å². The molecule has 1 nitrogen and oxygen atoms in total. The number of aliphatic hydroxyl groups excluding tert-OH is 1. The van der Waals surface area contributed by atoms with Gasteiger partial charge in [0, 0.05) is 13.0 Å². The lowest BCUT2D eigenvalue weighted by molar-refractivity contribution is 0.328. The first-order chi connectivity index (χ1) is 3.06. The van der Waals surface area contributed by atoms with Crippen molar-refractivity contribution in [2.75, 3.05) is 6.61 Å². The van der Waals surface area contributed by atoms with E-state index in [9.17, 15) is 0 Å². The summed E-state index contributed by atoms with van der Waals surface area (Å²) in [4.78, 5) is 0. The highest BCUT2D eigenvalue weighted by molar-refractivity contribution is 14.3. The summed E-state index contributed by atoms with van der Waals surface area (Å²) in [5.74, 6) is 0. The van der Waals surface area contributed by atoms with Crippen molar-refractivity contribution >= 4 is 67.8 Å². The average Bonchev–Trinajstić information content (AvgIpc) is 1.30. The van der Waals surface area contributed by atoms with Crippen molar-refractivity contribution in [1.82, 2.24) is 0 Å². The van der Waals surface area contributed by atoms with Crippen LogP contribution in [0.25, 0.3) is 0 Å². The molecule has 0 bridgehead atoms. The number of halogens is 3. The lowest BCUT2D eigenvalue weighted by Crippen LogP contribution is -2.01. The van der Waals surface area contributed by atoms with Crippen LogP contribution in [-0.4, -0.2) is 11.1 Å². The van der Waals surface area contributed by atoms with E-state index in [-0.39, 0.29) is 6.04 Å². The van der Waals surface area contributed by atoms with Crippen molar-refractivity contribution in [3.63, 3.8) is 0 Å². The van der Waals surface area contributed by atoms with E-state index >= 15 is 0 Å². The SMILES string of the molecule is OC[CH]C(I)(I)I. The van der Waals surface area contributed by atoms with Crippen LogP contribution >= 0.6 is 67.8 Å². The van der Waals surface area contributed by atoms with E-state index in [1.807, 2.05) is 6.42 Å². The second-order valence-corrected chi connectivity index (χ2v) is 12.2. The summed E-state index contributed by atoms with van der Waals surface area (Å²) < 4.78 is 0.0853. The Balaban J connectivity index is 3.15. The zero-order valence-electron chi connectivity index (χ0n) is 3.37. The summed E-state index contributed by atoms with van der Waals surface area (Å²) >= 11 is 6.70. The molecule has 0 aliphatic rings. The minimum Gasteiger partial charge on any atom is -0.396 e. The molecule has 43 valence electrons. The van der Waals surface area contributed by atoms with Crippen molar-refractivity contribution in [2.45, 2.75) is -0.565 Å². The van der Waals surface area contributed by atoms with Gasteiger partial charge in [0.15, 0.2) is 0 Å². The molecule has 0 saturated heterocycles. The van der Waals surface area contributed by atoms with Crippen LogP contribution < -0.4 is 0 Å². The molecule has 0 spiro atoms. The first kappa shape index (κ1) is 9.15. The van der Waals surface area contributed by atoms with E-state index in [1.165, 1.54) is 0 Å². The molecule has 0 fully saturated rings. The first-order valence-electron chi connectivity index (χ1n) is 1.58. The second-order valence-electron chi connectivity index (χ2n) is 0.928. The molecule has 1 N–H and O–H groups in total. The van der Waals surface area contributed by atoms with Gasteiger partial charge in [-0.1, -0.05) is 67.8 Å². The molecule has 4 heteroatoms. The lowest BCUT2D eigenvalue weighted by Gasteiger charge is -2.06. The fraction of sp³-hybridized carbons (Fsp3) is 0.667. The molecule has 0 aromatic carbocycles. The van der Waals surface area contributed by atoms with Gasteiger partial charge in [0.2, 0.25) is 0 Å². The molecule has 0 heterocycles. The largest absolute Gasteiger partial charge is 0.396 e. The minimum absolute atomic E-state index is 0.0853. The molecule has 7 heavy (non-hydrogen) atoms. The second kappa shape index (κ2) is 4.04. The number of rotatable bonds is 2. The Kier molecular flexibility index (Phi) is 5.29. The van der Waals surface area contributed by atoms with E-state index < -0.39 is 0 Å². The molecule has 0 aromatic rings. The van der Waals surface area contributed by atoms with Crippen LogP contribution in [-0.2, 0) is 0 Å². The highest BCUT2D eigenvalue weighted by Gasteiger charge is 2.15. The van der Waals surface area contributed by atoms with Crippen LogP contribution in [0.15, 0.2) is 0 Å². The summed E-state index contributed by atoms with van der Waals surface area (Å²) in [6, 6.07) is 0. The van der Waals surface area contributed by atoms with Gasteiger partial charge in [-0.2, -0.15) is 0 Å². The van der Waals surface area contributed by atoms with E-state index in [2.05, 4.69) is 67.8 Å². The van der Waals surface area contributed by atoms with Crippen LogP contribution in [0.2, 0.25) is 0 Å². The highest BCUT2D eigenvalue weighted by Crippen LogP contribution is 2.37. The maximum Gasteiger partial charge on any atom is 0.129 e. The fourth-order valence-corrected chi connectivity index (χ4v) is 0.694. The van der Waals surface area contributed by atoms with E-state index in [1.54, 1.807) is 0 Å². The van der Waals surface area contributed by atoms with E-state index in [4.69, 9.17) is 5.11 Å². The summed E-state index contributed by atoms with van der Waals surface area (Å²) in [6.45, 7) is 0.162. The predicted octanol–water partition coefficient (Wildman–Crippen LogP) is 2.14. The third kappa shape index (κ3) is 8.15. The molecule has 0 aromatic heterocycles. The molecule has 0 saturated carbocycles. The zero-order chi connectivity index (χ0) is 5.91. The molecule has 0 rings (SSSR count). The van der Waals surface area contributed by atoms with Crippen molar-refractivity contribution in [3.05, 3.63) is 6.42 Å². The van der Waals surface area contributed by atoms with Gasteiger partial charge >= 0.3 is 0 Å². The first-order valence-corrected chi connectivity index (χ1v) is 4.82. The Morgan fingerprint density at radius 1 is 1.43 bits per heavy atom. The summed E-state index contributed by atoms with van der Waals surface area (Å²) in [5.41, 5.74) is 0. The van der Waals surface area contributed by atoms with Gasteiger partial charge in [0.1, 0.15) is -0.565 Å². The molecule has 0 atom stereocenters. The maximum atomic E-state index is 8.33. The number of alkyl halides is 3. The van der Waals surface area contributed by atoms with Crippen LogP contribution in [0.1, 0.15) is 0 Å². The van der Waals surface area contributed by atoms with E-state index in [0.29, 0.717) is 0 Å². The van der Waals surface area contributed by atoms with Crippen molar-refractivity contribution in [1.29, 1.82) is 0 Å². The summed E-state index contributed by atoms with van der Waals surface area (Å²) in [6.07, 6.45) is 1.83. The Hall–Kier alpha value is 2.15. The van der Waals surface area contributed by atoms with Crippen molar-refractivity contribution in [2.24, 2.45) is 0 Å². The summed E-state index contributed by atoms with van der Waals surface area (Å²) in [5, 5.41) is 8.33. The minimum atomic E-state index is 0.0853. The normalized spacial score (nSPS) is 12.0. The van der Waals surface area contributed by atoms with Crippen LogP contribution in [0, 0.1) is 6.42 Å². The molecule has 0 unspecified atom stereocenters. The molecule has 0 aliphatic carbocycles. The number of hydrogen-bond donors (Lipinski definition) is 1. The smallest absolute Gasteiger partial charge is 0.129 e. The Bertz CT molecular complexity index is 48.6. The van der Waals surface area contributed by atoms with Gasteiger partial charge < -0.3 is 5.11 Å². The standard InChI is InChI=1S/C3H4I3O/c4-3(5,6)1-2-7/h1,7H,2H2. The maximum absolute atomic E-state index is 8.33. The molecule has 1 radical (unpaired) electrons. The number of hydrogen-bond acceptors (Lipinski definition) is 1. The Labute approximate surface area is 84.0 Å². The van der Waals surface area contributed by atoms with Crippen LogP contribution in [0.4, 0.5) is 0 Å². The van der Waals surface area contributed by atoms with Crippen LogP contribution in [0.3, 0.4) is 0 Å². The van der Waals surface area contributed by atoms with Crippen molar-refractivity contribution < 1.29 is 5.11 Å². The van der Waals surface area contributed by atoms with Crippen LogP contribution in [0.5, 0.6) is 0 Å². The Morgan fingerprint density at radius 2 is 1.86 bits per heavy atom. The zero-order valence-corrected chi connectivity index (χ0v) is 9.84. The van der Waals surface area contributed by atoms with Gasteiger partial charge in [0.25, 0.3) is 0 Å². The average molecular weight is 437 g/mol. The third-order valence-corrected chi connectivity index (χ3v) is 1.64. The summed E-state index contributed by atoms with van der Waals surface area (Å²) in [7, 11) is 0. The number of aliphatic hydroxyl groups is 1.